The quantitative estimate of drug-likeness (QED) is 0.262. The first-order valence-corrected chi connectivity index (χ1v) is 17.2. The molecule has 0 spiro atoms. The minimum absolute atomic E-state index is 0.0913. The number of amides is 1. The fourth-order valence-electron chi connectivity index (χ4n) is 5.02. The van der Waals surface area contributed by atoms with Gasteiger partial charge in [0.05, 0.1) is 11.7 Å². The molecule has 0 aliphatic heterocycles. The van der Waals surface area contributed by atoms with Crippen LogP contribution in [0.4, 0.5) is 0 Å². The molecule has 4 atom stereocenters. The van der Waals surface area contributed by atoms with Gasteiger partial charge in [0.15, 0.2) is 0 Å². The number of hydrogen-bond acceptors (Lipinski definition) is 4. The van der Waals surface area contributed by atoms with E-state index in [2.05, 4.69) is 56.8 Å². The highest BCUT2D eigenvalue weighted by Gasteiger charge is 2.22. The molecule has 1 amide bonds. The van der Waals surface area contributed by atoms with E-state index in [4.69, 9.17) is 4.74 Å². The summed E-state index contributed by atoms with van der Waals surface area (Å²) in [6.45, 7) is 27.3. The fourth-order valence-corrected chi connectivity index (χ4v) is 5.02. The van der Waals surface area contributed by atoms with Crippen molar-refractivity contribution in [3.05, 3.63) is 58.7 Å². The molecule has 1 aliphatic rings. The number of rotatable bonds is 11. The van der Waals surface area contributed by atoms with Crippen LogP contribution < -0.4 is 5.32 Å². The Morgan fingerprint density at radius 3 is 2.12 bits per heavy atom. The molecule has 43 heavy (non-hydrogen) atoms. The monoisotopic (exact) mass is 598 g/mol. The van der Waals surface area contributed by atoms with Crippen LogP contribution in [0.2, 0.25) is 0 Å². The molecule has 0 bridgehead atoms. The number of aromatic nitrogens is 2. The van der Waals surface area contributed by atoms with Crippen molar-refractivity contribution in [1.29, 1.82) is 0 Å². The van der Waals surface area contributed by atoms with Gasteiger partial charge in [0.1, 0.15) is 5.82 Å². The molecule has 0 saturated heterocycles. The lowest BCUT2D eigenvalue weighted by atomic mass is 9.76. The van der Waals surface area contributed by atoms with Crippen molar-refractivity contribution in [2.45, 2.75) is 140 Å². The zero-order valence-electron chi connectivity index (χ0n) is 30.1. The second-order valence-corrected chi connectivity index (χ2v) is 12.6. The zero-order chi connectivity index (χ0) is 32.8. The van der Waals surface area contributed by atoms with Gasteiger partial charge in [-0.25, -0.2) is 9.97 Å². The Bertz CT molecular complexity index is 953. The van der Waals surface area contributed by atoms with Gasteiger partial charge in [-0.05, 0) is 88.8 Å². The van der Waals surface area contributed by atoms with Gasteiger partial charge in [-0.15, -0.1) is 0 Å². The molecule has 246 valence electrons. The molecule has 1 heterocycles. The number of nitrogens with zero attached hydrogens (tertiary/aromatic N) is 2. The van der Waals surface area contributed by atoms with E-state index < -0.39 is 0 Å². The summed E-state index contributed by atoms with van der Waals surface area (Å²) in [4.78, 5) is 20.8. The van der Waals surface area contributed by atoms with Crippen molar-refractivity contribution >= 4 is 5.91 Å². The number of hydrogen-bond donors (Lipinski definition) is 1. The largest absolute Gasteiger partial charge is 0.381 e. The highest BCUT2D eigenvalue weighted by Crippen LogP contribution is 2.34. The second-order valence-electron chi connectivity index (χ2n) is 12.6. The van der Waals surface area contributed by atoms with Crippen LogP contribution in [0.15, 0.2) is 30.3 Å². The summed E-state index contributed by atoms with van der Waals surface area (Å²) < 4.78 is 5.29. The van der Waals surface area contributed by atoms with Crippen LogP contribution in [0.5, 0.6) is 0 Å². The first-order chi connectivity index (χ1) is 20.5. The maximum atomic E-state index is 12.2. The average molecular weight is 598 g/mol. The van der Waals surface area contributed by atoms with E-state index in [-0.39, 0.29) is 11.9 Å². The Balaban J connectivity index is 0.000000655. The predicted molar refractivity (Wildman–Crippen MR) is 186 cm³/mol. The molecule has 1 fully saturated rings. The Morgan fingerprint density at radius 1 is 0.953 bits per heavy atom. The Hall–Kier alpha value is -2.27. The maximum Gasteiger partial charge on any atom is 0.251 e. The molecule has 4 unspecified atom stereocenters. The van der Waals surface area contributed by atoms with Gasteiger partial charge >= 0.3 is 0 Å². The van der Waals surface area contributed by atoms with Crippen LogP contribution in [0.3, 0.4) is 0 Å². The van der Waals surface area contributed by atoms with Gasteiger partial charge in [0.2, 0.25) is 0 Å². The smallest absolute Gasteiger partial charge is 0.251 e. The van der Waals surface area contributed by atoms with Crippen molar-refractivity contribution in [3.8, 4) is 0 Å². The van der Waals surface area contributed by atoms with Gasteiger partial charge in [-0.2, -0.15) is 0 Å². The molecular formula is C38H67N3O2. The van der Waals surface area contributed by atoms with Crippen LogP contribution in [-0.4, -0.2) is 29.1 Å². The standard InChI is InChI=1S/C16H19N3O.C12H24.C8H18O.C2H6/c1-10-5-7-14(8-6-10)16(20)18-12(3)15-9-11(2)17-13(4)19-15;1-4-10(2)9-12-8-6-5-7-11(12)3;1-4-6-9-7-5-8(2)3;1-2/h5-9,12H,1-4H3,(H,18,20);10-12H,4-9H2,1-3H3;8H,4-7H2,1-3H3;1-2H3. The molecule has 5 heteroatoms. The van der Waals surface area contributed by atoms with E-state index in [1.807, 2.05) is 71.9 Å². The van der Waals surface area contributed by atoms with E-state index >= 15 is 0 Å². The lowest BCUT2D eigenvalue weighted by Gasteiger charge is -2.30. The second kappa shape index (κ2) is 24.1. The highest BCUT2D eigenvalue weighted by molar-refractivity contribution is 5.94. The van der Waals surface area contributed by atoms with Gasteiger partial charge in [0.25, 0.3) is 5.91 Å². The molecule has 2 aromatic rings. The van der Waals surface area contributed by atoms with Crippen LogP contribution in [0.1, 0.15) is 153 Å². The van der Waals surface area contributed by atoms with Crippen molar-refractivity contribution in [2.24, 2.45) is 23.7 Å². The SMILES string of the molecule is CC.CCC(C)CC1CCCCC1C.CCCOCCC(C)C.Cc1ccc(C(=O)NC(C)c2cc(C)nc(C)n2)cc1. The number of aryl methyl sites for hydroxylation is 3. The molecule has 1 aromatic heterocycles. The third-order valence-electron chi connectivity index (χ3n) is 7.97. The van der Waals surface area contributed by atoms with E-state index in [1.165, 1.54) is 44.9 Å². The molecule has 5 nitrogen and oxygen atoms in total. The summed E-state index contributed by atoms with van der Waals surface area (Å²) >= 11 is 0. The maximum absolute atomic E-state index is 12.2. The number of benzene rings is 1. The van der Waals surface area contributed by atoms with Crippen LogP contribution in [-0.2, 0) is 4.74 Å². The van der Waals surface area contributed by atoms with E-state index in [9.17, 15) is 4.79 Å². The number of carbonyl (C=O) groups excluding carboxylic acids is 1. The van der Waals surface area contributed by atoms with E-state index in [1.54, 1.807) is 0 Å². The Labute approximate surface area is 266 Å². The number of ether oxygens (including phenoxy) is 1. The minimum atomic E-state index is -0.149. The van der Waals surface area contributed by atoms with Gasteiger partial charge in [0, 0.05) is 24.5 Å². The summed E-state index contributed by atoms with van der Waals surface area (Å²) in [5, 5.41) is 2.96. The molecule has 1 aliphatic carbocycles. The fraction of sp³-hybridized carbons (Fsp3) is 0.711. The molecule has 1 N–H and O–H groups in total. The summed E-state index contributed by atoms with van der Waals surface area (Å²) in [7, 11) is 0. The average Bonchev–Trinajstić information content (AvgIpc) is 2.98. The Kier molecular flexibility index (Phi) is 22.8. The van der Waals surface area contributed by atoms with Gasteiger partial charge in [-0.3, -0.25) is 4.79 Å². The lowest BCUT2D eigenvalue weighted by molar-refractivity contribution is 0.0939. The number of nitrogens with one attached hydrogen (secondary N) is 1. The first kappa shape index (κ1) is 40.7. The predicted octanol–water partition coefficient (Wildman–Crippen LogP) is 10.6. The van der Waals surface area contributed by atoms with E-state index in [0.717, 1.165) is 66.1 Å². The molecule has 3 rings (SSSR count). The van der Waals surface area contributed by atoms with Crippen molar-refractivity contribution < 1.29 is 9.53 Å². The van der Waals surface area contributed by atoms with E-state index in [0.29, 0.717) is 5.56 Å². The van der Waals surface area contributed by atoms with Crippen LogP contribution in [0, 0.1) is 44.4 Å². The molecule has 1 aromatic carbocycles. The normalized spacial score (nSPS) is 17.2. The van der Waals surface area contributed by atoms with Gasteiger partial charge < -0.3 is 10.1 Å². The first-order valence-electron chi connectivity index (χ1n) is 17.2. The third kappa shape index (κ3) is 18.9. The Morgan fingerprint density at radius 2 is 1.58 bits per heavy atom. The summed E-state index contributed by atoms with van der Waals surface area (Å²) in [5.41, 5.74) is 3.53. The summed E-state index contributed by atoms with van der Waals surface area (Å²) in [5.74, 6) is 4.42. The zero-order valence-corrected chi connectivity index (χ0v) is 30.1. The van der Waals surface area contributed by atoms with Crippen molar-refractivity contribution in [3.63, 3.8) is 0 Å². The van der Waals surface area contributed by atoms with Crippen molar-refractivity contribution in [1.82, 2.24) is 15.3 Å². The minimum Gasteiger partial charge on any atom is -0.381 e. The summed E-state index contributed by atoms with van der Waals surface area (Å²) in [6.07, 6.45) is 11.1. The lowest BCUT2D eigenvalue weighted by Crippen LogP contribution is -2.27. The topological polar surface area (TPSA) is 64.1 Å². The molecular weight excluding hydrogens is 530 g/mol. The number of carbonyl (C=O) groups is 1. The van der Waals surface area contributed by atoms with Gasteiger partial charge in [-0.1, -0.05) is 105 Å². The molecule has 1 saturated carbocycles. The molecule has 0 radical (unpaired) electrons. The summed E-state index contributed by atoms with van der Waals surface area (Å²) in [6, 6.07) is 9.26. The highest BCUT2D eigenvalue weighted by atomic mass is 16.5. The van der Waals surface area contributed by atoms with Crippen LogP contribution in [0.25, 0.3) is 0 Å². The van der Waals surface area contributed by atoms with Crippen molar-refractivity contribution in [2.75, 3.05) is 13.2 Å². The van der Waals surface area contributed by atoms with Crippen LogP contribution >= 0.6 is 0 Å². The third-order valence-corrected chi connectivity index (χ3v) is 7.97.